The molecule has 3 rings (SSSR count). The average Bonchev–Trinajstić information content (AvgIpc) is 2.53. The fourth-order valence-electron chi connectivity index (χ4n) is 2.34. The van der Waals surface area contributed by atoms with Gasteiger partial charge in [-0.1, -0.05) is 0 Å². The molecule has 0 aliphatic carbocycles. The third-order valence-corrected chi connectivity index (χ3v) is 7.22. The molecule has 124 valence electrons. The smallest absolute Gasteiger partial charge is 0.450 e. The number of anilines is 1. The number of carboxylic acid groups (broad SMARTS) is 2. The van der Waals surface area contributed by atoms with Crippen molar-refractivity contribution >= 4 is 97.3 Å². The van der Waals surface area contributed by atoms with Crippen LogP contribution in [0.15, 0.2) is 30.7 Å². The Bertz CT molecular complexity index is 965. The van der Waals surface area contributed by atoms with E-state index in [4.69, 9.17) is 32.3 Å². The Morgan fingerprint density at radius 2 is 1.88 bits per heavy atom. The summed E-state index contributed by atoms with van der Waals surface area (Å²) in [7, 11) is 0. The van der Waals surface area contributed by atoms with Gasteiger partial charge in [0.25, 0.3) is 0 Å². The Hall–Kier alpha value is -0.878. The summed E-state index contributed by atoms with van der Waals surface area (Å²) in [5, 5.41) is 15.3. The minimum Gasteiger partial charge on any atom is -0.450 e. The van der Waals surface area contributed by atoms with E-state index in [9.17, 15) is 4.39 Å². The second kappa shape index (κ2) is 8.67. The van der Waals surface area contributed by atoms with Crippen molar-refractivity contribution in [2.24, 2.45) is 0 Å². The molecule has 6 nitrogen and oxygen atoms in total. The molecule has 0 saturated carbocycles. The largest absolute Gasteiger partial charge is 0.503 e. The first-order chi connectivity index (χ1) is 11.7. The zero-order valence-electron chi connectivity index (χ0n) is 13.4. The van der Waals surface area contributed by atoms with Crippen LogP contribution in [0.2, 0.25) is 5.02 Å². The minimum atomic E-state index is -1.83. The molecule has 0 aliphatic rings. The van der Waals surface area contributed by atoms with Crippen LogP contribution in [0, 0.1) is 12.7 Å². The van der Waals surface area contributed by atoms with E-state index in [0.29, 0.717) is 16.8 Å². The molecular weight excluding hydrogens is 470 g/mol. The van der Waals surface area contributed by atoms with Crippen LogP contribution >= 0.6 is 11.6 Å². The van der Waals surface area contributed by atoms with Gasteiger partial charge in [-0.05, 0) is 0 Å². The van der Waals surface area contributed by atoms with Gasteiger partial charge in [0.15, 0.2) is 0 Å². The molecule has 2 heterocycles. The van der Waals surface area contributed by atoms with E-state index >= 15 is 0 Å². The predicted molar refractivity (Wildman–Crippen MR) is 95.1 cm³/mol. The van der Waals surface area contributed by atoms with Gasteiger partial charge >= 0.3 is 183 Å². The van der Waals surface area contributed by atoms with E-state index in [1.165, 1.54) is 3.19 Å². The topological polar surface area (TPSA) is 109 Å². The van der Waals surface area contributed by atoms with Crippen LogP contribution in [-0.2, 0) is 0 Å². The third-order valence-electron chi connectivity index (χ3n) is 3.68. The normalized spacial score (nSPS) is 10.3. The summed E-state index contributed by atoms with van der Waals surface area (Å²) in [5.74, 6) is -0.0602. The summed E-state index contributed by atoms with van der Waals surface area (Å²) in [5.41, 5.74) is 8.02. The van der Waals surface area contributed by atoms with E-state index < -0.39 is 12.0 Å². The number of rotatable bonds is 1. The number of halogens is 2. The number of nitrogens with two attached hydrogens (primary N) is 1. The Morgan fingerprint density at radius 3 is 2.52 bits per heavy atom. The van der Waals surface area contributed by atoms with Crippen LogP contribution in [-0.4, -0.2) is 92.3 Å². The van der Waals surface area contributed by atoms with E-state index in [2.05, 4.69) is 9.97 Å². The summed E-state index contributed by atoms with van der Waals surface area (Å²) >= 11 is 6.37. The standard InChI is InChI=1S/C15H10ClFN3.CH2O3.Cs/c1-8-2-3-19-6-11(8)10-4-9-5-13(18)20-7-12(9)14(16)15(10)17;2-1(3)4;/h3-7H,1H3,(H2,18,20);(H2,2,3,4);. The molecule has 0 bridgehead atoms. The number of fused-ring (bicyclic) bond motifs is 1. The van der Waals surface area contributed by atoms with Crippen LogP contribution < -0.4 is 2.72 Å². The Morgan fingerprint density at radius 1 is 1.24 bits per heavy atom. The van der Waals surface area contributed by atoms with Crippen molar-refractivity contribution in [1.82, 2.24) is 9.97 Å². The van der Waals surface area contributed by atoms with Crippen molar-refractivity contribution in [2.45, 2.75) is 6.92 Å². The number of benzene rings is 1. The van der Waals surface area contributed by atoms with Gasteiger partial charge in [0, 0.05) is 0 Å². The Balaban J connectivity index is 0.000000511. The first-order valence-electron chi connectivity index (χ1n) is 7.09. The summed E-state index contributed by atoms with van der Waals surface area (Å²) in [4.78, 5) is 16.7. The SMILES string of the molecule is Cc1[c]([Cs])cncc1-c1cc2cc(N)ncc2c(Cl)c1F.O=C(O)O. The van der Waals surface area contributed by atoms with E-state index in [1.807, 2.05) is 13.1 Å². The molecular formula is C16H12ClCsFN3O3. The third kappa shape index (κ3) is 4.85. The Labute approximate surface area is 194 Å². The fraction of sp³-hybridized carbons (Fsp3) is 0.0625. The van der Waals surface area contributed by atoms with Gasteiger partial charge in [-0.2, -0.15) is 0 Å². The molecule has 0 radical (unpaired) electrons. The summed E-state index contributed by atoms with van der Waals surface area (Å²) < 4.78 is 15.8. The molecule has 1 aromatic carbocycles. The molecule has 0 aliphatic heterocycles. The van der Waals surface area contributed by atoms with Crippen molar-refractivity contribution in [3.05, 3.63) is 47.1 Å². The number of hydrogen-bond donors (Lipinski definition) is 3. The van der Waals surface area contributed by atoms with Crippen LogP contribution in [0.25, 0.3) is 21.9 Å². The van der Waals surface area contributed by atoms with Gasteiger partial charge < -0.3 is 10.2 Å². The van der Waals surface area contributed by atoms with Crippen molar-refractivity contribution in [3.63, 3.8) is 0 Å². The maximum absolute atomic E-state index is 14.6. The molecule has 0 fully saturated rings. The van der Waals surface area contributed by atoms with Crippen LogP contribution in [0.1, 0.15) is 5.56 Å². The molecule has 3 aromatic rings. The molecule has 0 atom stereocenters. The number of aromatic nitrogens is 2. The summed E-state index contributed by atoms with van der Waals surface area (Å²) in [6.07, 6.45) is 3.20. The zero-order valence-corrected chi connectivity index (χ0v) is 20.5. The van der Waals surface area contributed by atoms with Crippen molar-refractivity contribution in [3.8, 4) is 11.1 Å². The van der Waals surface area contributed by atoms with Gasteiger partial charge in [-0.25, -0.2) is 4.79 Å². The van der Waals surface area contributed by atoms with Crippen LogP contribution in [0.5, 0.6) is 0 Å². The number of hydrogen-bond acceptors (Lipinski definition) is 4. The van der Waals surface area contributed by atoms with E-state index in [0.717, 1.165) is 16.5 Å². The quantitative estimate of drug-likeness (QED) is 0.493. The zero-order chi connectivity index (χ0) is 18.7. The first kappa shape index (κ1) is 20.4. The van der Waals surface area contributed by atoms with Gasteiger partial charge in [-0.3, -0.25) is 0 Å². The van der Waals surface area contributed by atoms with Crippen LogP contribution in [0.3, 0.4) is 0 Å². The maximum Gasteiger partial charge on any atom is 0.503 e. The summed E-state index contributed by atoms with van der Waals surface area (Å²) in [6, 6.07) is 3.46. The van der Waals surface area contributed by atoms with Gasteiger partial charge in [-0.15, -0.1) is 0 Å². The Kier molecular flexibility index (Phi) is 7.09. The van der Waals surface area contributed by atoms with Gasteiger partial charge in [0.2, 0.25) is 0 Å². The number of nitrogens with zero attached hydrogens (tertiary/aromatic N) is 2. The maximum atomic E-state index is 14.6. The molecule has 0 saturated heterocycles. The number of carbonyl (C=O) groups is 1. The molecule has 9 heteroatoms. The van der Waals surface area contributed by atoms with Crippen molar-refractivity contribution in [2.75, 3.05) is 5.73 Å². The number of pyridine rings is 2. The summed E-state index contributed by atoms with van der Waals surface area (Å²) in [6.45, 7) is 1.99. The predicted octanol–water partition coefficient (Wildman–Crippen LogP) is 3.00. The molecule has 0 amide bonds. The van der Waals surface area contributed by atoms with Crippen LogP contribution in [0.4, 0.5) is 15.0 Å². The average molecular weight is 482 g/mol. The monoisotopic (exact) mass is 481 g/mol. The second-order valence-electron chi connectivity index (χ2n) is 5.29. The second-order valence-corrected chi connectivity index (χ2v) is 9.05. The molecule has 4 N–H and O–H groups in total. The van der Waals surface area contributed by atoms with Gasteiger partial charge in [0.05, 0.1) is 0 Å². The van der Waals surface area contributed by atoms with Crippen molar-refractivity contribution < 1.29 is 19.4 Å². The fourth-order valence-corrected chi connectivity index (χ4v) is 3.92. The van der Waals surface area contributed by atoms with Crippen molar-refractivity contribution in [1.29, 1.82) is 0 Å². The minimum absolute atomic E-state index is 0.0699. The van der Waals surface area contributed by atoms with E-state index in [1.54, 1.807) is 18.3 Å². The number of nitrogen functional groups attached to an aromatic ring is 1. The molecule has 25 heavy (non-hydrogen) atoms. The van der Waals surface area contributed by atoms with E-state index in [-0.39, 0.29) is 70.9 Å². The molecule has 0 unspecified atom stereocenters. The molecule has 0 spiro atoms. The first-order valence-corrected chi connectivity index (χ1v) is 10.6. The molecule has 2 aromatic heterocycles. The van der Waals surface area contributed by atoms with Gasteiger partial charge in [0.1, 0.15) is 0 Å².